The minimum atomic E-state index is -0.614. The zero-order chi connectivity index (χ0) is 22.8. The van der Waals surface area contributed by atoms with Gasteiger partial charge in [-0.15, -0.1) is 11.8 Å². The molecule has 8 heteroatoms. The maximum absolute atomic E-state index is 13.3. The number of ether oxygens (including phenoxy) is 1. The van der Waals surface area contributed by atoms with Crippen molar-refractivity contribution in [2.45, 2.75) is 47.4 Å². The molecule has 2 aromatic rings. The van der Waals surface area contributed by atoms with E-state index in [9.17, 15) is 14.4 Å². The van der Waals surface area contributed by atoms with Crippen LogP contribution in [0.5, 0.6) is 0 Å². The number of rotatable bonds is 5. The molecule has 0 N–H and O–H groups in total. The van der Waals surface area contributed by atoms with Crippen molar-refractivity contribution in [2.24, 2.45) is 5.92 Å². The first-order chi connectivity index (χ1) is 15.4. The third-order valence-electron chi connectivity index (χ3n) is 5.62. The van der Waals surface area contributed by atoms with Gasteiger partial charge in [-0.25, -0.2) is 4.79 Å². The van der Waals surface area contributed by atoms with Gasteiger partial charge >= 0.3 is 5.97 Å². The molecule has 2 aliphatic heterocycles. The fourth-order valence-corrected chi connectivity index (χ4v) is 5.50. The lowest BCUT2D eigenvalue weighted by Gasteiger charge is -2.31. The van der Waals surface area contributed by atoms with Crippen molar-refractivity contribution in [3.63, 3.8) is 0 Å². The molecule has 2 aromatic carbocycles. The van der Waals surface area contributed by atoms with Crippen LogP contribution in [0.2, 0.25) is 0 Å². The smallest absolute Gasteiger partial charge is 0.329 e. The van der Waals surface area contributed by atoms with Gasteiger partial charge in [0.2, 0.25) is 5.91 Å². The summed E-state index contributed by atoms with van der Waals surface area (Å²) in [6, 6.07) is 13.1. The third kappa shape index (κ3) is 4.38. The molecule has 6 nitrogen and oxygen atoms in total. The van der Waals surface area contributed by atoms with Gasteiger partial charge in [0.15, 0.2) is 6.61 Å². The minimum Gasteiger partial charge on any atom is -0.454 e. The molecule has 2 aliphatic rings. The van der Waals surface area contributed by atoms with Crippen molar-refractivity contribution in [1.82, 2.24) is 4.90 Å². The first kappa shape index (κ1) is 22.7. The number of amides is 2. The molecule has 0 aromatic heterocycles. The zero-order valence-corrected chi connectivity index (χ0v) is 20.0. The molecule has 1 atom stereocenters. The van der Waals surface area contributed by atoms with Gasteiger partial charge in [-0.05, 0) is 49.4 Å². The summed E-state index contributed by atoms with van der Waals surface area (Å²) >= 11 is 3.23. The lowest BCUT2D eigenvalue weighted by Crippen LogP contribution is -2.44. The van der Waals surface area contributed by atoms with E-state index >= 15 is 0 Å². The Kier molecular flexibility index (Phi) is 6.81. The van der Waals surface area contributed by atoms with E-state index in [0.29, 0.717) is 13.0 Å². The SMILES string of the molecule is CSc1ccc2c(c1)N(C(=O)COC(=O)C1CCCN1C(=O)C(C)C)c1ccccc1S2. The number of hydrogen-bond acceptors (Lipinski definition) is 6. The fraction of sp³-hybridized carbons (Fsp3) is 0.375. The number of anilines is 2. The van der Waals surface area contributed by atoms with E-state index in [0.717, 1.165) is 32.5 Å². The van der Waals surface area contributed by atoms with Gasteiger partial charge in [0, 0.05) is 27.1 Å². The monoisotopic (exact) mass is 470 g/mol. The minimum absolute atomic E-state index is 0.0590. The molecule has 2 amide bonds. The van der Waals surface area contributed by atoms with Gasteiger partial charge in [-0.1, -0.05) is 37.7 Å². The number of carbonyl (C=O) groups is 3. The molecule has 1 unspecified atom stereocenters. The highest BCUT2D eigenvalue weighted by molar-refractivity contribution is 8.00. The third-order valence-corrected chi connectivity index (χ3v) is 7.48. The van der Waals surface area contributed by atoms with E-state index in [-0.39, 0.29) is 24.3 Å². The molecule has 0 bridgehead atoms. The van der Waals surface area contributed by atoms with Gasteiger partial charge in [0.05, 0.1) is 11.4 Å². The number of para-hydroxylation sites is 1. The summed E-state index contributed by atoms with van der Waals surface area (Å²) in [5.41, 5.74) is 1.57. The molecule has 4 rings (SSSR count). The van der Waals surface area contributed by atoms with Crippen molar-refractivity contribution >= 4 is 52.7 Å². The molecule has 0 aliphatic carbocycles. The molecule has 168 valence electrons. The van der Waals surface area contributed by atoms with E-state index in [1.54, 1.807) is 33.3 Å². The average molecular weight is 471 g/mol. The lowest BCUT2D eigenvalue weighted by atomic mass is 10.1. The van der Waals surface area contributed by atoms with Crippen molar-refractivity contribution in [3.05, 3.63) is 42.5 Å². The van der Waals surface area contributed by atoms with Crippen LogP contribution >= 0.6 is 23.5 Å². The Labute approximate surface area is 196 Å². The van der Waals surface area contributed by atoms with E-state index < -0.39 is 12.0 Å². The summed E-state index contributed by atoms with van der Waals surface area (Å²) in [5.74, 6) is -1.07. The number of nitrogens with zero attached hydrogens (tertiary/aromatic N) is 2. The number of esters is 1. The Bertz CT molecular complexity index is 1060. The Morgan fingerprint density at radius 1 is 1.12 bits per heavy atom. The number of likely N-dealkylation sites (tertiary alicyclic amines) is 1. The van der Waals surface area contributed by atoms with Crippen LogP contribution in [0, 0.1) is 5.92 Å². The Morgan fingerprint density at radius 3 is 2.62 bits per heavy atom. The van der Waals surface area contributed by atoms with E-state index in [2.05, 4.69) is 0 Å². The first-order valence-corrected chi connectivity index (χ1v) is 12.7. The maximum Gasteiger partial charge on any atom is 0.329 e. The highest BCUT2D eigenvalue weighted by Crippen LogP contribution is 2.49. The normalized spacial score (nSPS) is 17.2. The topological polar surface area (TPSA) is 66.9 Å². The molecule has 0 radical (unpaired) electrons. The highest BCUT2D eigenvalue weighted by Gasteiger charge is 2.37. The molecule has 2 heterocycles. The predicted molar refractivity (Wildman–Crippen MR) is 126 cm³/mol. The highest BCUT2D eigenvalue weighted by atomic mass is 32.2. The maximum atomic E-state index is 13.3. The van der Waals surface area contributed by atoms with Crippen LogP contribution in [-0.2, 0) is 19.1 Å². The van der Waals surface area contributed by atoms with Gasteiger partial charge in [0.25, 0.3) is 5.91 Å². The molecule has 0 saturated carbocycles. The van der Waals surface area contributed by atoms with Gasteiger partial charge in [-0.2, -0.15) is 0 Å². The number of carbonyl (C=O) groups excluding carboxylic acids is 3. The number of benzene rings is 2. The molecule has 1 saturated heterocycles. The van der Waals surface area contributed by atoms with E-state index in [1.807, 2.05) is 62.6 Å². The Balaban J connectivity index is 1.54. The molecule has 32 heavy (non-hydrogen) atoms. The quantitative estimate of drug-likeness (QED) is 0.465. The molecule has 1 fully saturated rings. The van der Waals surface area contributed by atoms with E-state index in [1.165, 1.54) is 0 Å². The average Bonchev–Trinajstić information content (AvgIpc) is 3.29. The number of fused-ring (bicyclic) bond motifs is 2. The second-order valence-electron chi connectivity index (χ2n) is 8.08. The van der Waals surface area contributed by atoms with Gasteiger partial charge < -0.3 is 9.64 Å². The first-order valence-electron chi connectivity index (χ1n) is 10.7. The predicted octanol–water partition coefficient (Wildman–Crippen LogP) is 4.73. The van der Waals surface area contributed by atoms with Crippen LogP contribution in [0.4, 0.5) is 11.4 Å². The fourth-order valence-electron chi connectivity index (χ4n) is 4.03. The van der Waals surface area contributed by atoms with Crippen LogP contribution in [0.1, 0.15) is 26.7 Å². The Hall–Kier alpha value is -2.45. The summed E-state index contributed by atoms with van der Waals surface area (Å²) in [4.78, 5) is 44.7. The van der Waals surface area contributed by atoms with Crippen molar-refractivity contribution in [1.29, 1.82) is 0 Å². The van der Waals surface area contributed by atoms with Crippen LogP contribution in [0.3, 0.4) is 0 Å². The molecule has 0 spiro atoms. The van der Waals surface area contributed by atoms with Crippen molar-refractivity contribution < 1.29 is 19.1 Å². The van der Waals surface area contributed by atoms with Gasteiger partial charge in [-0.3, -0.25) is 14.5 Å². The second kappa shape index (κ2) is 9.58. The Morgan fingerprint density at radius 2 is 1.88 bits per heavy atom. The van der Waals surface area contributed by atoms with Crippen molar-refractivity contribution in [2.75, 3.05) is 24.3 Å². The van der Waals surface area contributed by atoms with Crippen LogP contribution < -0.4 is 4.90 Å². The largest absolute Gasteiger partial charge is 0.454 e. The van der Waals surface area contributed by atoms with Crippen molar-refractivity contribution in [3.8, 4) is 0 Å². The number of hydrogen-bond donors (Lipinski definition) is 0. The van der Waals surface area contributed by atoms with E-state index in [4.69, 9.17) is 4.74 Å². The zero-order valence-electron chi connectivity index (χ0n) is 18.4. The summed E-state index contributed by atoms with van der Waals surface area (Å²) in [6.07, 6.45) is 3.31. The second-order valence-corrected chi connectivity index (χ2v) is 10.0. The van der Waals surface area contributed by atoms with Crippen LogP contribution in [0.25, 0.3) is 0 Å². The number of thioether (sulfide) groups is 1. The lowest BCUT2D eigenvalue weighted by molar-refractivity contribution is -0.156. The summed E-state index contributed by atoms with van der Waals surface area (Å²) in [7, 11) is 0. The summed E-state index contributed by atoms with van der Waals surface area (Å²) in [5, 5.41) is 0. The standard InChI is InChI=1S/C24H26N2O4S2/c1-15(2)23(28)25-12-6-8-18(25)24(29)30-14-22(27)26-17-7-4-5-9-20(17)32-21-11-10-16(31-3)13-19(21)26/h4-5,7,9-11,13,15,18H,6,8,12,14H2,1-3H3. The summed E-state index contributed by atoms with van der Waals surface area (Å²) < 4.78 is 5.45. The molecular formula is C24H26N2O4S2. The van der Waals surface area contributed by atoms with Crippen LogP contribution in [-0.4, -0.2) is 48.1 Å². The van der Waals surface area contributed by atoms with Crippen LogP contribution in [0.15, 0.2) is 57.2 Å². The summed E-state index contributed by atoms with van der Waals surface area (Å²) in [6.45, 7) is 3.81. The molecular weight excluding hydrogens is 444 g/mol. The van der Waals surface area contributed by atoms with Gasteiger partial charge in [0.1, 0.15) is 6.04 Å².